The van der Waals surface area contributed by atoms with Gasteiger partial charge in [-0.05, 0) is 57.7 Å². The van der Waals surface area contributed by atoms with E-state index in [1.165, 1.54) is 18.9 Å². The smallest absolute Gasteiger partial charge is 0.123 e. The number of likely N-dealkylation sites (tertiary alicyclic amines) is 1. The van der Waals surface area contributed by atoms with E-state index in [2.05, 4.69) is 37.9 Å². The quantitative estimate of drug-likeness (QED) is 0.897. The van der Waals surface area contributed by atoms with E-state index in [4.69, 9.17) is 0 Å². The van der Waals surface area contributed by atoms with Gasteiger partial charge in [-0.25, -0.2) is 4.39 Å². The maximum Gasteiger partial charge on any atom is 0.123 e. The molecule has 1 aliphatic heterocycles. The van der Waals surface area contributed by atoms with Crippen molar-refractivity contribution in [3.05, 3.63) is 35.6 Å². The van der Waals surface area contributed by atoms with E-state index in [1.54, 1.807) is 12.1 Å². The van der Waals surface area contributed by atoms with Gasteiger partial charge in [-0.15, -0.1) is 0 Å². The highest BCUT2D eigenvalue weighted by atomic mass is 19.1. The molecule has 1 atom stereocenters. The normalized spacial score (nSPS) is 19.7. The lowest BCUT2D eigenvalue weighted by Gasteiger charge is -2.41. The molecule has 21 heavy (non-hydrogen) atoms. The lowest BCUT2D eigenvalue weighted by Crippen LogP contribution is -2.50. The van der Waals surface area contributed by atoms with Gasteiger partial charge in [-0.2, -0.15) is 0 Å². The monoisotopic (exact) mass is 292 g/mol. The van der Waals surface area contributed by atoms with Crippen LogP contribution < -0.4 is 5.32 Å². The first-order chi connectivity index (χ1) is 9.90. The molecule has 2 rings (SSSR count). The van der Waals surface area contributed by atoms with Crippen molar-refractivity contribution in [2.75, 3.05) is 13.1 Å². The molecule has 1 fully saturated rings. The first-order valence-electron chi connectivity index (χ1n) is 8.16. The molecule has 118 valence electrons. The number of benzene rings is 1. The molecule has 3 heteroatoms. The van der Waals surface area contributed by atoms with Crippen LogP contribution in [0.15, 0.2) is 24.3 Å². The Morgan fingerprint density at radius 3 is 2.48 bits per heavy atom. The summed E-state index contributed by atoms with van der Waals surface area (Å²) in [5.41, 5.74) is 1.33. The molecule has 1 saturated heterocycles. The van der Waals surface area contributed by atoms with Gasteiger partial charge in [0, 0.05) is 30.7 Å². The molecule has 1 aliphatic rings. The summed E-state index contributed by atoms with van der Waals surface area (Å²) < 4.78 is 13.4. The average molecular weight is 292 g/mol. The summed E-state index contributed by atoms with van der Waals surface area (Å²) in [7, 11) is 0. The van der Waals surface area contributed by atoms with Gasteiger partial charge < -0.3 is 5.32 Å². The van der Waals surface area contributed by atoms with Crippen LogP contribution in [0.5, 0.6) is 0 Å². The number of nitrogens with zero attached hydrogens (tertiary/aromatic N) is 1. The Morgan fingerprint density at radius 1 is 1.29 bits per heavy atom. The van der Waals surface area contributed by atoms with Crippen LogP contribution in [0.25, 0.3) is 0 Å². The molecular weight excluding hydrogens is 263 g/mol. The summed E-state index contributed by atoms with van der Waals surface area (Å²) in [6.07, 6.45) is 3.33. The molecule has 1 aromatic rings. The summed E-state index contributed by atoms with van der Waals surface area (Å²) in [4.78, 5) is 2.55. The summed E-state index contributed by atoms with van der Waals surface area (Å²) in [6.45, 7) is 11.3. The van der Waals surface area contributed by atoms with Crippen LogP contribution >= 0.6 is 0 Å². The van der Waals surface area contributed by atoms with E-state index < -0.39 is 0 Å². The highest BCUT2D eigenvalue weighted by Crippen LogP contribution is 2.24. The number of rotatable bonds is 4. The van der Waals surface area contributed by atoms with Crippen LogP contribution in [0.2, 0.25) is 0 Å². The standard InChI is InChI=1S/C18H29FN2/c1-5-17(14-7-6-8-15(19)13-14)20-16-9-11-21(12-10-16)18(2,3)4/h6-8,13,16-17,20H,5,9-12H2,1-4H3. The number of halogens is 1. The molecule has 0 amide bonds. The Bertz CT molecular complexity index is 445. The van der Waals surface area contributed by atoms with E-state index in [9.17, 15) is 4.39 Å². The van der Waals surface area contributed by atoms with Gasteiger partial charge in [0.25, 0.3) is 0 Å². The van der Waals surface area contributed by atoms with Crippen LogP contribution in [-0.2, 0) is 0 Å². The molecule has 2 nitrogen and oxygen atoms in total. The number of piperidine rings is 1. The van der Waals surface area contributed by atoms with Gasteiger partial charge in [0.2, 0.25) is 0 Å². The third-order valence-corrected chi connectivity index (χ3v) is 4.54. The first-order valence-corrected chi connectivity index (χ1v) is 8.16. The number of hydrogen-bond donors (Lipinski definition) is 1. The largest absolute Gasteiger partial charge is 0.307 e. The van der Waals surface area contributed by atoms with E-state index in [1.807, 2.05) is 6.07 Å². The maximum atomic E-state index is 13.4. The third-order valence-electron chi connectivity index (χ3n) is 4.54. The van der Waals surface area contributed by atoms with Gasteiger partial charge >= 0.3 is 0 Å². The summed E-state index contributed by atoms with van der Waals surface area (Å²) in [6, 6.07) is 7.79. The predicted molar refractivity (Wildman–Crippen MR) is 86.9 cm³/mol. The third kappa shape index (κ3) is 4.52. The van der Waals surface area contributed by atoms with Crippen molar-refractivity contribution >= 4 is 0 Å². The molecule has 0 aliphatic carbocycles. The maximum absolute atomic E-state index is 13.4. The molecule has 0 spiro atoms. The average Bonchev–Trinajstić information content (AvgIpc) is 2.44. The fourth-order valence-electron chi connectivity index (χ4n) is 3.17. The second-order valence-corrected chi connectivity index (χ2v) is 7.11. The Hall–Kier alpha value is -0.930. The fourth-order valence-corrected chi connectivity index (χ4v) is 3.17. The van der Waals surface area contributed by atoms with Gasteiger partial charge in [0.15, 0.2) is 0 Å². The molecular formula is C18H29FN2. The van der Waals surface area contributed by atoms with E-state index in [-0.39, 0.29) is 17.4 Å². The summed E-state index contributed by atoms with van der Waals surface area (Å²) in [5.74, 6) is -0.143. The van der Waals surface area contributed by atoms with Gasteiger partial charge in [0.05, 0.1) is 0 Å². The van der Waals surface area contributed by atoms with Gasteiger partial charge in [-0.3, -0.25) is 4.90 Å². The SMILES string of the molecule is CCC(NC1CCN(C(C)(C)C)CC1)c1cccc(F)c1. The van der Waals surface area contributed by atoms with Crippen molar-refractivity contribution in [2.45, 2.75) is 64.6 Å². The van der Waals surface area contributed by atoms with Crippen molar-refractivity contribution in [3.63, 3.8) is 0 Å². The highest BCUT2D eigenvalue weighted by Gasteiger charge is 2.27. The van der Waals surface area contributed by atoms with E-state index >= 15 is 0 Å². The fraction of sp³-hybridized carbons (Fsp3) is 0.667. The molecule has 1 heterocycles. The molecule has 1 N–H and O–H groups in total. The number of nitrogens with one attached hydrogen (secondary N) is 1. The van der Waals surface area contributed by atoms with E-state index in [0.29, 0.717) is 6.04 Å². The van der Waals surface area contributed by atoms with Gasteiger partial charge in [-0.1, -0.05) is 19.1 Å². The minimum absolute atomic E-state index is 0.143. The molecule has 1 unspecified atom stereocenters. The van der Waals surface area contributed by atoms with Crippen LogP contribution in [0.1, 0.15) is 58.6 Å². The minimum Gasteiger partial charge on any atom is -0.307 e. The summed E-state index contributed by atoms with van der Waals surface area (Å²) in [5, 5.41) is 3.73. The van der Waals surface area contributed by atoms with E-state index in [0.717, 1.165) is 25.1 Å². The zero-order valence-corrected chi connectivity index (χ0v) is 13.8. The zero-order chi connectivity index (χ0) is 15.5. The van der Waals surface area contributed by atoms with Crippen LogP contribution in [-0.4, -0.2) is 29.6 Å². The number of hydrogen-bond acceptors (Lipinski definition) is 2. The highest BCUT2D eigenvalue weighted by molar-refractivity contribution is 5.20. The molecule has 0 saturated carbocycles. The second-order valence-electron chi connectivity index (χ2n) is 7.11. The van der Waals surface area contributed by atoms with Crippen molar-refractivity contribution in [2.24, 2.45) is 0 Å². The van der Waals surface area contributed by atoms with Crippen LogP contribution in [0, 0.1) is 5.82 Å². The van der Waals surface area contributed by atoms with Crippen molar-refractivity contribution in [1.29, 1.82) is 0 Å². The lowest BCUT2D eigenvalue weighted by atomic mass is 9.96. The zero-order valence-electron chi connectivity index (χ0n) is 13.8. The van der Waals surface area contributed by atoms with Gasteiger partial charge in [0.1, 0.15) is 5.82 Å². The topological polar surface area (TPSA) is 15.3 Å². The summed E-state index contributed by atoms with van der Waals surface area (Å²) >= 11 is 0. The Kier molecular flexibility index (Phi) is 5.39. The van der Waals surface area contributed by atoms with Crippen molar-refractivity contribution < 1.29 is 4.39 Å². The Balaban J connectivity index is 1.92. The van der Waals surface area contributed by atoms with Crippen LogP contribution in [0.4, 0.5) is 4.39 Å². The van der Waals surface area contributed by atoms with Crippen molar-refractivity contribution in [3.8, 4) is 0 Å². The molecule has 1 aromatic carbocycles. The van der Waals surface area contributed by atoms with Crippen molar-refractivity contribution in [1.82, 2.24) is 10.2 Å². The molecule has 0 radical (unpaired) electrons. The predicted octanol–water partition coefficient (Wildman–Crippen LogP) is 4.13. The Morgan fingerprint density at radius 2 is 1.95 bits per heavy atom. The van der Waals surface area contributed by atoms with Crippen LogP contribution in [0.3, 0.4) is 0 Å². The Labute approximate surface area is 128 Å². The second kappa shape index (κ2) is 6.89. The lowest BCUT2D eigenvalue weighted by molar-refractivity contribution is 0.0935. The first kappa shape index (κ1) is 16.4. The molecule has 0 bridgehead atoms. The minimum atomic E-state index is -0.143. The molecule has 0 aromatic heterocycles.